The molecule has 2 heterocycles. The lowest BCUT2D eigenvalue weighted by atomic mass is 9.97. The van der Waals surface area contributed by atoms with E-state index in [4.69, 9.17) is 5.11 Å². The summed E-state index contributed by atoms with van der Waals surface area (Å²) in [6.45, 7) is 4.34. The minimum absolute atomic E-state index is 0.0856. The molecule has 0 radical (unpaired) electrons. The monoisotopic (exact) mass is 358 g/mol. The molecular formula is C19H22N2O3S. The summed E-state index contributed by atoms with van der Waals surface area (Å²) in [5.41, 5.74) is 1.91. The van der Waals surface area contributed by atoms with Crippen LogP contribution >= 0.6 is 11.3 Å². The fourth-order valence-corrected chi connectivity index (χ4v) is 3.86. The van der Waals surface area contributed by atoms with Crippen molar-refractivity contribution < 1.29 is 14.7 Å². The first-order valence-corrected chi connectivity index (χ1v) is 9.25. The van der Waals surface area contributed by atoms with E-state index in [0.717, 1.165) is 35.8 Å². The van der Waals surface area contributed by atoms with Crippen LogP contribution in [0.15, 0.2) is 36.4 Å². The number of amides is 1. The minimum atomic E-state index is -0.687. The summed E-state index contributed by atoms with van der Waals surface area (Å²) < 4.78 is 0. The number of hydrogen-bond donors (Lipinski definition) is 2. The van der Waals surface area contributed by atoms with Crippen LogP contribution in [0, 0.1) is 12.8 Å². The van der Waals surface area contributed by atoms with Gasteiger partial charge in [-0.1, -0.05) is 12.1 Å². The molecule has 132 valence electrons. The number of hydrogen-bond acceptors (Lipinski definition) is 4. The van der Waals surface area contributed by atoms with Crippen molar-refractivity contribution in [3.05, 3.63) is 51.7 Å². The van der Waals surface area contributed by atoms with Gasteiger partial charge >= 0.3 is 5.97 Å². The lowest BCUT2D eigenvalue weighted by molar-refractivity contribution is -0.143. The van der Waals surface area contributed by atoms with Crippen molar-refractivity contribution in [1.82, 2.24) is 4.90 Å². The standard InChI is InChI=1S/C19H22N2O3S/c1-13-5-6-17(25-13)18(22)20-16-4-2-3-14(11-16)12-21-9-7-15(8-10-21)19(23)24/h2-6,11,15H,7-10,12H2,1H3,(H,20,22)(H,23,24). The highest BCUT2D eigenvalue weighted by Crippen LogP contribution is 2.21. The van der Waals surface area contributed by atoms with Crippen molar-refractivity contribution in [3.63, 3.8) is 0 Å². The molecular weight excluding hydrogens is 336 g/mol. The minimum Gasteiger partial charge on any atom is -0.481 e. The van der Waals surface area contributed by atoms with Crippen molar-refractivity contribution in [3.8, 4) is 0 Å². The van der Waals surface area contributed by atoms with Gasteiger partial charge in [0, 0.05) is 17.1 Å². The van der Waals surface area contributed by atoms with E-state index in [1.54, 1.807) is 0 Å². The molecule has 1 saturated heterocycles. The molecule has 5 nitrogen and oxygen atoms in total. The van der Waals surface area contributed by atoms with Gasteiger partial charge in [-0.25, -0.2) is 0 Å². The molecule has 3 rings (SSSR count). The fraction of sp³-hybridized carbons (Fsp3) is 0.368. The first-order valence-electron chi connectivity index (χ1n) is 8.43. The van der Waals surface area contributed by atoms with Gasteiger partial charge < -0.3 is 10.4 Å². The Labute approximate surface area is 151 Å². The third kappa shape index (κ3) is 4.67. The summed E-state index contributed by atoms with van der Waals surface area (Å²) in [6.07, 6.45) is 1.40. The number of carbonyl (C=O) groups is 2. The van der Waals surface area contributed by atoms with E-state index in [-0.39, 0.29) is 11.8 Å². The zero-order chi connectivity index (χ0) is 17.8. The van der Waals surface area contributed by atoms with Crippen LogP contribution in [-0.4, -0.2) is 35.0 Å². The maximum absolute atomic E-state index is 12.3. The van der Waals surface area contributed by atoms with Gasteiger partial charge in [-0.3, -0.25) is 14.5 Å². The maximum atomic E-state index is 12.3. The molecule has 0 atom stereocenters. The van der Waals surface area contributed by atoms with Crippen LogP contribution < -0.4 is 5.32 Å². The molecule has 6 heteroatoms. The number of aliphatic carboxylic acids is 1. The van der Waals surface area contributed by atoms with Crippen LogP contribution in [0.1, 0.15) is 33.0 Å². The highest BCUT2D eigenvalue weighted by molar-refractivity contribution is 7.14. The van der Waals surface area contributed by atoms with E-state index in [1.165, 1.54) is 11.3 Å². The molecule has 1 amide bonds. The number of thiophene rings is 1. The number of benzene rings is 1. The Morgan fingerprint density at radius 1 is 1.24 bits per heavy atom. The number of carbonyl (C=O) groups excluding carboxylic acids is 1. The van der Waals surface area contributed by atoms with E-state index < -0.39 is 5.97 Å². The number of nitrogens with zero attached hydrogens (tertiary/aromatic N) is 1. The molecule has 0 saturated carbocycles. The van der Waals surface area contributed by atoms with Gasteiger partial charge in [-0.15, -0.1) is 11.3 Å². The predicted molar refractivity (Wildman–Crippen MR) is 99.1 cm³/mol. The van der Waals surface area contributed by atoms with Crippen molar-refractivity contribution in [2.75, 3.05) is 18.4 Å². The zero-order valence-corrected chi connectivity index (χ0v) is 15.0. The first-order chi connectivity index (χ1) is 12.0. The van der Waals surface area contributed by atoms with Crippen molar-refractivity contribution in [2.45, 2.75) is 26.3 Å². The Hall–Kier alpha value is -2.18. The number of anilines is 1. The Bertz CT molecular complexity index is 764. The zero-order valence-electron chi connectivity index (χ0n) is 14.2. The summed E-state index contributed by atoms with van der Waals surface area (Å²) in [5.74, 6) is -0.984. The quantitative estimate of drug-likeness (QED) is 0.857. The van der Waals surface area contributed by atoms with Gasteiger partial charge in [0.1, 0.15) is 0 Å². The smallest absolute Gasteiger partial charge is 0.306 e. The molecule has 25 heavy (non-hydrogen) atoms. The van der Waals surface area contributed by atoms with E-state index in [0.29, 0.717) is 17.7 Å². The van der Waals surface area contributed by atoms with Crippen molar-refractivity contribution in [2.24, 2.45) is 5.92 Å². The number of likely N-dealkylation sites (tertiary alicyclic amines) is 1. The first kappa shape index (κ1) is 17.6. The Morgan fingerprint density at radius 2 is 2.00 bits per heavy atom. The SMILES string of the molecule is Cc1ccc(C(=O)Nc2cccc(CN3CCC(C(=O)O)CC3)c2)s1. The fourth-order valence-electron chi connectivity index (χ4n) is 3.09. The Balaban J connectivity index is 1.58. The number of carboxylic acids is 1. The summed E-state index contributed by atoms with van der Waals surface area (Å²) in [7, 11) is 0. The van der Waals surface area contributed by atoms with Crippen LogP contribution in [0.2, 0.25) is 0 Å². The summed E-state index contributed by atoms with van der Waals surface area (Å²) >= 11 is 1.48. The molecule has 2 N–H and O–H groups in total. The highest BCUT2D eigenvalue weighted by atomic mass is 32.1. The average Bonchev–Trinajstić information content (AvgIpc) is 3.02. The maximum Gasteiger partial charge on any atom is 0.306 e. The number of carboxylic acid groups (broad SMARTS) is 1. The molecule has 0 aliphatic carbocycles. The lowest BCUT2D eigenvalue weighted by Gasteiger charge is -2.30. The summed E-state index contributed by atoms with van der Waals surface area (Å²) in [4.78, 5) is 27.4. The number of piperidine rings is 1. The van der Waals surface area contributed by atoms with Gasteiger partial charge in [-0.05, 0) is 62.7 Å². The molecule has 1 fully saturated rings. The van der Waals surface area contributed by atoms with Gasteiger partial charge in [0.05, 0.1) is 10.8 Å². The van der Waals surface area contributed by atoms with Crippen LogP contribution in [-0.2, 0) is 11.3 Å². The normalized spacial score (nSPS) is 15.9. The molecule has 0 unspecified atom stereocenters. The predicted octanol–water partition coefficient (Wildman–Crippen LogP) is 3.61. The van der Waals surface area contributed by atoms with Crippen LogP contribution in [0.5, 0.6) is 0 Å². The van der Waals surface area contributed by atoms with Crippen molar-refractivity contribution in [1.29, 1.82) is 0 Å². The van der Waals surface area contributed by atoms with Crippen LogP contribution in [0.4, 0.5) is 5.69 Å². The van der Waals surface area contributed by atoms with Crippen LogP contribution in [0.3, 0.4) is 0 Å². The third-order valence-electron chi connectivity index (χ3n) is 4.49. The number of nitrogens with one attached hydrogen (secondary N) is 1. The van der Waals surface area contributed by atoms with Crippen LogP contribution in [0.25, 0.3) is 0 Å². The molecule has 1 aliphatic rings. The molecule has 1 aliphatic heterocycles. The molecule has 0 bridgehead atoms. The van der Waals surface area contributed by atoms with E-state index in [1.807, 2.05) is 43.3 Å². The van der Waals surface area contributed by atoms with Gasteiger partial charge in [0.15, 0.2) is 0 Å². The number of aryl methyl sites for hydroxylation is 1. The highest BCUT2D eigenvalue weighted by Gasteiger charge is 2.24. The Kier molecular flexibility index (Phi) is 5.50. The second kappa shape index (κ2) is 7.80. The van der Waals surface area contributed by atoms with E-state index >= 15 is 0 Å². The summed E-state index contributed by atoms with van der Waals surface area (Å²) in [5, 5.41) is 12.0. The third-order valence-corrected chi connectivity index (χ3v) is 5.49. The molecule has 1 aromatic heterocycles. The second-order valence-electron chi connectivity index (χ2n) is 6.45. The second-order valence-corrected chi connectivity index (χ2v) is 7.74. The topological polar surface area (TPSA) is 69.6 Å². The number of rotatable bonds is 5. The Morgan fingerprint density at radius 3 is 2.64 bits per heavy atom. The molecule has 0 spiro atoms. The van der Waals surface area contributed by atoms with E-state index in [2.05, 4.69) is 10.2 Å². The lowest BCUT2D eigenvalue weighted by Crippen LogP contribution is -2.35. The average molecular weight is 358 g/mol. The van der Waals surface area contributed by atoms with Gasteiger partial charge in [0.2, 0.25) is 0 Å². The molecule has 1 aromatic carbocycles. The molecule has 2 aromatic rings. The van der Waals surface area contributed by atoms with E-state index in [9.17, 15) is 9.59 Å². The summed E-state index contributed by atoms with van der Waals surface area (Å²) in [6, 6.07) is 11.6. The van der Waals surface area contributed by atoms with Gasteiger partial charge in [0.25, 0.3) is 5.91 Å². The van der Waals surface area contributed by atoms with Gasteiger partial charge in [-0.2, -0.15) is 0 Å². The largest absolute Gasteiger partial charge is 0.481 e. The van der Waals surface area contributed by atoms with Crippen molar-refractivity contribution >= 4 is 28.9 Å².